The van der Waals surface area contributed by atoms with Crippen molar-refractivity contribution in [2.24, 2.45) is 5.41 Å². The Hall–Kier alpha value is -0.0400. The maximum absolute atomic E-state index is 2.68. The molecule has 3 aliphatic rings. The Kier molecular flexibility index (Phi) is 1.54. The maximum Gasteiger partial charge on any atom is 0.0110 e. The van der Waals surface area contributed by atoms with Gasteiger partial charge in [0.25, 0.3) is 0 Å². The van der Waals surface area contributed by atoms with Gasteiger partial charge < -0.3 is 0 Å². The molecule has 1 heteroatoms. The minimum Gasteiger partial charge on any atom is -0.297 e. The molecule has 0 unspecified atom stereocenters. The summed E-state index contributed by atoms with van der Waals surface area (Å²) in [6, 6.07) is 1.73. The van der Waals surface area contributed by atoms with Crippen LogP contribution < -0.4 is 0 Å². The Labute approximate surface area is 69.8 Å². The number of nitrogens with zero attached hydrogens (tertiary/aromatic N) is 1. The fraction of sp³-hybridized carbons (Fsp3) is 1.00. The van der Waals surface area contributed by atoms with E-state index in [2.05, 4.69) is 25.7 Å². The van der Waals surface area contributed by atoms with Gasteiger partial charge in [0.2, 0.25) is 0 Å². The molecule has 2 aliphatic heterocycles. The Morgan fingerprint density at radius 2 is 2.09 bits per heavy atom. The predicted octanol–water partition coefficient (Wildman–Crippen LogP) is 2.27. The summed E-state index contributed by atoms with van der Waals surface area (Å²) in [6.07, 6.45) is 4.37. The van der Waals surface area contributed by atoms with Gasteiger partial charge in [-0.25, -0.2) is 0 Å². The molecule has 64 valence electrons. The van der Waals surface area contributed by atoms with Crippen molar-refractivity contribution in [1.82, 2.24) is 4.90 Å². The van der Waals surface area contributed by atoms with Gasteiger partial charge >= 0.3 is 0 Å². The summed E-state index contributed by atoms with van der Waals surface area (Å²) in [6.45, 7) is 8.37. The van der Waals surface area contributed by atoms with Gasteiger partial charge in [0.05, 0.1) is 0 Å². The molecule has 0 amide bonds. The molecule has 3 fully saturated rings. The van der Waals surface area contributed by atoms with Crippen LogP contribution >= 0.6 is 0 Å². The lowest BCUT2D eigenvalue weighted by Gasteiger charge is -2.36. The number of hydrogen-bond donors (Lipinski definition) is 0. The Morgan fingerprint density at radius 1 is 1.45 bits per heavy atom. The van der Waals surface area contributed by atoms with Gasteiger partial charge in [-0.05, 0) is 38.5 Å². The topological polar surface area (TPSA) is 3.24 Å². The molecule has 11 heavy (non-hydrogen) atoms. The molecule has 1 nitrogen and oxygen atoms in total. The third kappa shape index (κ3) is 0.936. The van der Waals surface area contributed by atoms with Gasteiger partial charge in [-0.3, -0.25) is 4.90 Å². The van der Waals surface area contributed by atoms with Crippen LogP contribution in [0.25, 0.3) is 0 Å². The molecular weight excluding hydrogens is 134 g/mol. The highest BCUT2D eigenvalue weighted by atomic mass is 15.2. The highest BCUT2D eigenvalue weighted by molar-refractivity contribution is 5.07. The van der Waals surface area contributed by atoms with E-state index in [1.54, 1.807) is 0 Å². The van der Waals surface area contributed by atoms with E-state index in [0.29, 0.717) is 0 Å². The van der Waals surface area contributed by atoms with Crippen LogP contribution in [0.3, 0.4) is 0 Å². The lowest BCUT2D eigenvalue weighted by Crippen LogP contribution is -2.36. The van der Waals surface area contributed by atoms with Gasteiger partial charge in [-0.2, -0.15) is 0 Å². The molecule has 2 saturated heterocycles. The average molecular weight is 153 g/mol. The summed E-state index contributed by atoms with van der Waals surface area (Å²) in [4.78, 5) is 2.68. The highest BCUT2D eigenvalue weighted by Gasteiger charge is 2.53. The third-order valence-corrected chi connectivity index (χ3v) is 3.74. The van der Waals surface area contributed by atoms with Crippen LogP contribution in [0.2, 0.25) is 0 Å². The van der Waals surface area contributed by atoms with Gasteiger partial charge in [0, 0.05) is 18.6 Å². The molecule has 2 bridgehead atoms. The zero-order chi connectivity index (χ0) is 8.06. The zero-order valence-electron chi connectivity index (χ0n) is 7.93. The Bertz CT molecular complexity index is 156. The Morgan fingerprint density at radius 3 is 2.36 bits per heavy atom. The standard InChI is InChI=1S/C10H19N/c1-4-10-5-9(6-10)11(7-10)8(2)3/h8-9H,4-7H2,1-3H3. The minimum absolute atomic E-state index is 0.759. The van der Waals surface area contributed by atoms with E-state index >= 15 is 0 Å². The maximum atomic E-state index is 2.68. The van der Waals surface area contributed by atoms with E-state index in [1.165, 1.54) is 25.8 Å². The number of rotatable bonds is 2. The van der Waals surface area contributed by atoms with Crippen molar-refractivity contribution >= 4 is 0 Å². The fourth-order valence-corrected chi connectivity index (χ4v) is 2.82. The number of fused-ring (bicyclic) bond motifs is 1. The summed E-state index contributed by atoms with van der Waals surface area (Å²) in [5, 5.41) is 0. The molecule has 0 radical (unpaired) electrons. The van der Waals surface area contributed by atoms with Gasteiger partial charge in [-0.15, -0.1) is 0 Å². The zero-order valence-corrected chi connectivity index (χ0v) is 7.93. The summed E-state index contributed by atoms with van der Waals surface area (Å²) >= 11 is 0. The molecule has 0 aromatic rings. The summed E-state index contributed by atoms with van der Waals surface area (Å²) in [7, 11) is 0. The molecule has 2 heterocycles. The lowest BCUT2D eigenvalue weighted by molar-refractivity contribution is 0.160. The van der Waals surface area contributed by atoms with Gasteiger partial charge in [0.1, 0.15) is 0 Å². The van der Waals surface area contributed by atoms with Crippen LogP contribution in [0.1, 0.15) is 40.0 Å². The smallest absolute Gasteiger partial charge is 0.0110 e. The van der Waals surface area contributed by atoms with Crippen molar-refractivity contribution in [2.75, 3.05) is 6.54 Å². The second-order valence-electron chi connectivity index (χ2n) is 4.68. The SMILES string of the molecule is CCC12CC(C1)N(C(C)C)C2. The molecule has 1 aliphatic carbocycles. The van der Waals surface area contributed by atoms with Crippen molar-refractivity contribution in [3.8, 4) is 0 Å². The monoisotopic (exact) mass is 153 g/mol. The van der Waals surface area contributed by atoms with Crippen molar-refractivity contribution in [3.63, 3.8) is 0 Å². The largest absolute Gasteiger partial charge is 0.297 e. The van der Waals surface area contributed by atoms with E-state index < -0.39 is 0 Å². The fourth-order valence-electron chi connectivity index (χ4n) is 2.82. The van der Waals surface area contributed by atoms with Gasteiger partial charge in [-0.1, -0.05) is 6.92 Å². The first-order valence-corrected chi connectivity index (χ1v) is 4.93. The van der Waals surface area contributed by atoms with Gasteiger partial charge in [0.15, 0.2) is 0 Å². The highest BCUT2D eigenvalue weighted by Crippen LogP contribution is 2.54. The molecule has 1 saturated carbocycles. The van der Waals surface area contributed by atoms with Crippen LogP contribution in [0, 0.1) is 5.41 Å². The normalized spacial score (nSPS) is 43.1. The molecule has 0 aromatic carbocycles. The first kappa shape index (κ1) is 7.60. The number of hydrogen-bond acceptors (Lipinski definition) is 1. The first-order chi connectivity index (χ1) is 5.17. The molecule has 3 rings (SSSR count). The quantitative estimate of drug-likeness (QED) is 0.588. The summed E-state index contributed by atoms with van der Waals surface area (Å²) in [5.74, 6) is 0. The molecule has 0 N–H and O–H groups in total. The van der Waals surface area contributed by atoms with Crippen LogP contribution in [-0.2, 0) is 0 Å². The van der Waals surface area contributed by atoms with E-state index in [1.807, 2.05) is 0 Å². The second-order valence-corrected chi connectivity index (χ2v) is 4.68. The Balaban J connectivity index is 2.02. The first-order valence-electron chi connectivity index (χ1n) is 4.93. The van der Waals surface area contributed by atoms with Crippen molar-refractivity contribution in [1.29, 1.82) is 0 Å². The van der Waals surface area contributed by atoms with Crippen molar-refractivity contribution in [3.05, 3.63) is 0 Å². The van der Waals surface area contributed by atoms with Crippen molar-refractivity contribution in [2.45, 2.75) is 52.1 Å². The van der Waals surface area contributed by atoms with Crippen molar-refractivity contribution < 1.29 is 0 Å². The van der Waals surface area contributed by atoms with Crippen LogP contribution in [0.4, 0.5) is 0 Å². The van der Waals surface area contributed by atoms with E-state index in [9.17, 15) is 0 Å². The van der Waals surface area contributed by atoms with E-state index in [0.717, 1.165) is 17.5 Å². The summed E-state index contributed by atoms with van der Waals surface area (Å²) < 4.78 is 0. The minimum atomic E-state index is 0.759. The molecule has 0 atom stereocenters. The molecule has 0 aromatic heterocycles. The van der Waals surface area contributed by atoms with Crippen LogP contribution in [0.15, 0.2) is 0 Å². The lowest BCUT2D eigenvalue weighted by atomic mass is 9.68. The van der Waals surface area contributed by atoms with Crippen LogP contribution in [-0.4, -0.2) is 23.5 Å². The third-order valence-electron chi connectivity index (χ3n) is 3.74. The second kappa shape index (κ2) is 2.22. The van der Waals surface area contributed by atoms with E-state index in [4.69, 9.17) is 0 Å². The summed E-state index contributed by atoms with van der Waals surface area (Å²) in [5.41, 5.74) is 0.759. The predicted molar refractivity (Wildman–Crippen MR) is 47.6 cm³/mol. The molecular formula is C10H19N. The average Bonchev–Trinajstić information content (AvgIpc) is 2.38. The van der Waals surface area contributed by atoms with E-state index in [-0.39, 0.29) is 0 Å². The van der Waals surface area contributed by atoms with Crippen LogP contribution in [0.5, 0.6) is 0 Å². The molecule has 0 spiro atoms.